The maximum absolute atomic E-state index is 5.33. The zero-order chi connectivity index (χ0) is 12.5. The van der Waals surface area contributed by atoms with E-state index < -0.39 is 0 Å². The molecule has 0 radical (unpaired) electrons. The van der Waals surface area contributed by atoms with Gasteiger partial charge in [0.15, 0.2) is 0 Å². The second-order valence-electron chi connectivity index (χ2n) is 4.00. The lowest BCUT2D eigenvalue weighted by atomic mass is 10.1. The van der Waals surface area contributed by atoms with Crippen molar-refractivity contribution in [2.75, 3.05) is 7.11 Å². The van der Waals surface area contributed by atoms with Crippen LogP contribution in [-0.2, 0) is 0 Å². The van der Waals surface area contributed by atoms with Crippen molar-refractivity contribution in [3.05, 3.63) is 36.4 Å². The van der Waals surface area contributed by atoms with Crippen molar-refractivity contribution >= 4 is 10.9 Å². The van der Waals surface area contributed by atoms with E-state index in [0.29, 0.717) is 0 Å². The van der Waals surface area contributed by atoms with Crippen molar-refractivity contribution in [3.8, 4) is 17.0 Å². The van der Waals surface area contributed by atoms with Gasteiger partial charge in [0.2, 0.25) is 0 Å². The second-order valence-corrected chi connectivity index (χ2v) is 4.00. The number of aryl methyl sites for hydroxylation is 1. The van der Waals surface area contributed by atoms with E-state index in [1.165, 1.54) is 0 Å². The third-order valence-electron chi connectivity index (χ3n) is 2.90. The highest BCUT2D eigenvalue weighted by atomic mass is 16.5. The van der Waals surface area contributed by atoms with Crippen LogP contribution in [0.4, 0.5) is 0 Å². The summed E-state index contributed by atoms with van der Waals surface area (Å²) in [5.74, 6) is 0.760. The molecular formula is C13H12N4O. The molecule has 0 fully saturated rings. The third kappa shape index (κ3) is 1.60. The quantitative estimate of drug-likeness (QED) is 0.746. The summed E-state index contributed by atoms with van der Waals surface area (Å²) < 4.78 is 5.33. The van der Waals surface area contributed by atoms with Crippen molar-refractivity contribution in [1.82, 2.24) is 20.2 Å². The number of H-pyrrole nitrogens is 1. The van der Waals surface area contributed by atoms with Gasteiger partial charge in [-0.05, 0) is 19.1 Å². The molecule has 0 aliphatic rings. The zero-order valence-electron chi connectivity index (χ0n) is 10.1. The Labute approximate surface area is 104 Å². The van der Waals surface area contributed by atoms with E-state index in [4.69, 9.17) is 4.74 Å². The molecule has 90 valence electrons. The van der Waals surface area contributed by atoms with Gasteiger partial charge in [0.25, 0.3) is 0 Å². The average Bonchev–Trinajstić information content (AvgIpc) is 2.87. The molecule has 0 amide bonds. The molecule has 3 aromatic rings. The van der Waals surface area contributed by atoms with Crippen molar-refractivity contribution < 1.29 is 4.74 Å². The SMILES string of the molecule is COc1ccncc1-c1cc2[nH]ncc2c(C)n1. The molecule has 5 heteroatoms. The summed E-state index contributed by atoms with van der Waals surface area (Å²) in [6.45, 7) is 1.96. The minimum absolute atomic E-state index is 0.760. The van der Waals surface area contributed by atoms with Gasteiger partial charge in [0.1, 0.15) is 5.75 Å². The molecule has 1 N–H and O–H groups in total. The normalized spacial score (nSPS) is 10.8. The number of fused-ring (bicyclic) bond motifs is 1. The molecule has 0 atom stereocenters. The van der Waals surface area contributed by atoms with Crippen LogP contribution in [0.25, 0.3) is 22.2 Å². The van der Waals surface area contributed by atoms with Gasteiger partial charge in [-0.2, -0.15) is 5.10 Å². The fourth-order valence-corrected chi connectivity index (χ4v) is 1.99. The molecule has 0 saturated heterocycles. The number of nitrogens with one attached hydrogen (secondary N) is 1. The van der Waals surface area contributed by atoms with Crippen LogP contribution in [0.15, 0.2) is 30.7 Å². The van der Waals surface area contributed by atoms with Crippen LogP contribution in [0.1, 0.15) is 5.69 Å². The van der Waals surface area contributed by atoms with Gasteiger partial charge < -0.3 is 4.74 Å². The molecular weight excluding hydrogens is 228 g/mol. The number of hydrogen-bond donors (Lipinski definition) is 1. The Morgan fingerprint density at radius 1 is 1.28 bits per heavy atom. The van der Waals surface area contributed by atoms with Crippen LogP contribution in [0.5, 0.6) is 5.75 Å². The summed E-state index contributed by atoms with van der Waals surface area (Å²) in [5.41, 5.74) is 3.60. The van der Waals surface area contributed by atoms with Crippen molar-refractivity contribution in [2.45, 2.75) is 6.92 Å². The number of methoxy groups -OCH3 is 1. The van der Waals surface area contributed by atoms with Gasteiger partial charge in [-0.25, -0.2) is 0 Å². The number of rotatable bonds is 2. The van der Waals surface area contributed by atoms with E-state index >= 15 is 0 Å². The van der Waals surface area contributed by atoms with Crippen molar-refractivity contribution in [2.24, 2.45) is 0 Å². The molecule has 3 rings (SSSR count). The van der Waals surface area contributed by atoms with E-state index in [-0.39, 0.29) is 0 Å². The molecule has 3 heterocycles. The minimum Gasteiger partial charge on any atom is -0.496 e. The van der Waals surface area contributed by atoms with E-state index in [0.717, 1.165) is 33.6 Å². The highest BCUT2D eigenvalue weighted by Gasteiger charge is 2.10. The Kier molecular flexibility index (Phi) is 2.44. The summed E-state index contributed by atoms with van der Waals surface area (Å²) in [7, 11) is 1.64. The predicted octanol–water partition coefficient (Wildman–Crippen LogP) is 2.34. The summed E-state index contributed by atoms with van der Waals surface area (Å²) in [6, 6.07) is 3.78. The van der Waals surface area contributed by atoms with Gasteiger partial charge in [-0.3, -0.25) is 15.1 Å². The van der Waals surface area contributed by atoms with Gasteiger partial charge >= 0.3 is 0 Å². The van der Waals surface area contributed by atoms with E-state index in [1.54, 1.807) is 25.7 Å². The predicted molar refractivity (Wildman–Crippen MR) is 68.4 cm³/mol. The monoisotopic (exact) mass is 240 g/mol. The smallest absolute Gasteiger partial charge is 0.131 e. The van der Waals surface area contributed by atoms with Crippen LogP contribution in [0, 0.1) is 6.92 Å². The van der Waals surface area contributed by atoms with Gasteiger partial charge in [0.05, 0.1) is 30.1 Å². The standard InChI is InChI=1S/C13H12N4O/c1-8-9-7-15-17-12(9)5-11(16-8)10-6-14-4-3-13(10)18-2/h3-7H,1-2H3,(H,15,17). The number of hydrogen-bond acceptors (Lipinski definition) is 4. The largest absolute Gasteiger partial charge is 0.496 e. The summed E-state index contributed by atoms with van der Waals surface area (Å²) in [4.78, 5) is 8.69. The first-order valence-corrected chi connectivity index (χ1v) is 5.58. The van der Waals surface area contributed by atoms with E-state index in [9.17, 15) is 0 Å². The first kappa shape index (κ1) is 10.7. The molecule has 0 aliphatic heterocycles. The Hall–Kier alpha value is -2.43. The maximum Gasteiger partial charge on any atom is 0.131 e. The Morgan fingerprint density at radius 2 is 2.17 bits per heavy atom. The number of pyridine rings is 2. The lowest BCUT2D eigenvalue weighted by molar-refractivity contribution is 0.416. The summed E-state index contributed by atoms with van der Waals surface area (Å²) in [5, 5.41) is 8.01. The Bertz CT molecular complexity index is 705. The average molecular weight is 240 g/mol. The summed E-state index contributed by atoms with van der Waals surface area (Å²) in [6.07, 6.45) is 5.23. The molecule has 5 nitrogen and oxygen atoms in total. The Balaban J connectivity index is 2.25. The first-order valence-electron chi connectivity index (χ1n) is 5.58. The lowest BCUT2D eigenvalue weighted by Crippen LogP contribution is -1.93. The topological polar surface area (TPSA) is 63.7 Å². The van der Waals surface area contributed by atoms with Crippen molar-refractivity contribution in [1.29, 1.82) is 0 Å². The number of aromatic amines is 1. The summed E-state index contributed by atoms with van der Waals surface area (Å²) >= 11 is 0. The Morgan fingerprint density at radius 3 is 3.00 bits per heavy atom. The fraction of sp³-hybridized carbons (Fsp3) is 0.154. The fourth-order valence-electron chi connectivity index (χ4n) is 1.99. The third-order valence-corrected chi connectivity index (χ3v) is 2.90. The zero-order valence-corrected chi connectivity index (χ0v) is 10.1. The van der Waals surface area contributed by atoms with Crippen LogP contribution in [0.3, 0.4) is 0 Å². The molecule has 0 unspecified atom stereocenters. The molecule has 0 aromatic carbocycles. The van der Waals surface area contributed by atoms with E-state index in [2.05, 4.69) is 20.2 Å². The molecule has 0 saturated carbocycles. The maximum atomic E-state index is 5.33. The van der Waals surface area contributed by atoms with Gasteiger partial charge in [-0.1, -0.05) is 0 Å². The molecule has 3 aromatic heterocycles. The second kappa shape index (κ2) is 4.10. The highest BCUT2D eigenvalue weighted by molar-refractivity contribution is 5.84. The van der Waals surface area contributed by atoms with Crippen LogP contribution >= 0.6 is 0 Å². The molecule has 0 aliphatic carbocycles. The molecule has 0 spiro atoms. The van der Waals surface area contributed by atoms with Crippen LogP contribution in [-0.4, -0.2) is 27.3 Å². The number of aromatic nitrogens is 4. The number of ether oxygens (including phenoxy) is 1. The highest BCUT2D eigenvalue weighted by Crippen LogP contribution is 2.29. The molecule has 18 heavy (non-hydrogen) atoms. The first-order chi connectivity index (χ1) is 8.79. The molecule has 0 bridgehead atoms. The van der Waals surface area contributed by atoms with Crippen LogP contribution in [0.2, 0.25) is 0 Å². The van der Waals surface area contributed by atoms with E-state index in [1.807, 2.05) is 19.1 Å². The van der Waals surface area contributed by atoms with Gasteiger partial charge in [-0.15, -0.1) is 0 Å². The lowest BCUT2D eigenvalue weighted by Gasteiger charge is -2.07. The van der Waals surface area contributed by atoms with Crippen LogP contribution < -0.4 is 4.74 Å². The van der Waals surface area contributed by atoms with Gasteiger partial charge in [0, 0.05) is 23.5 Å². The van der Waals surface area contributed by atoms with Crippen molar-refractivity contribution in [3.63, 3.8) is 0 Å². The minimum atomic E-state index is 0.760. The number of nitrogens with zero attached hydrogens (tertiary/aromatic N) is 3.